The largest absolute Gasteiger partial charge is 0.437 e. The van der Waals surface area contributed by atoms with Gasteiger partial charge in [-0.25, -0.2) is 0 Å². The standard InChI is InChI=1S/C21H50O2Si3/c1-15(2)24(22-25(16(3)4,17(5)6)18(7)8)23-26(19(9)10,20(11)12)21(13)14/h15-21,24H,1-14H3. The van der Waals surface area contributed by atoms with Gasteiger partial charge in [0.15, 0.2) is 16.6 Å². The lowest BCUT2D eigenvalue weighted by molar-refractivity contribution is 0.354. The zero-order valence-corrected chi connectivity index (χ0v) is 23.6. The van der Waals surface area contributed by atoms with E-state index in [1.807, 2.05) is 0 Å². The summed E-state index contributed by atoms with van der Waals surface area (Å²) in [4.78, 5) is 0. The maximum Gasteiger partial charge on any atom is 0.303 e. The summed E-state index contributed by atoms with van der Waals surface area (Å²) in [5, 5.41) is 0. The highest BCUT2D eigenvalue weighted by Gasteiger charge is 2.51. The summed E-state index contributed by atoms with van der Waals surface area (Å²) in [5.74, 6) is 0. The molecule has 0 aliphatic rings. The third kappa shape index (κ3) is 5.34. The van der Waals surface area contributed by atoms with Crippen LogP contribution >= 0.6 is 0 Å². The minimum atomic E-state index is -1.90. The van der Waals surface area contributed by atoms with Crippen molar-refractivity contribution in [2.24, 2.45) is 0 Å². The van der Waals surface area contributed by atoms with Crippen molar-refractivity contribution < 1.29 is 8.23 Å². The third-order valence-corrected chi connectivity index (χ3v) is 23.6. The second kappa shape index (κ2) is 10.4. The Morgan fingerprint density at radius 1 is 0.423 bits per heavy atom. The minimum Gasteiger partial charge on any atom is -0.437 e. The molecule has 0 atom stereocenters. The van der Waals surface area contributed by atoms with Crippen LogP contribution in [0.2, 0.25) is 38.8 Å². The Morgan fingerprint density at radius 2 is 0.615 bits per heavy atom. The lowest BCUT2D eigenvalue weighted by Crippen LogP contribution is -2.58. The Morgan fingerprint density at radius 3 is 0.731 bits per heavy atom. The molecule has 0 unspecified atom stereocenters. The van der Waals surface area contributed by atoms with Gasteiger partial charge < -0.3 is 8.23 Å². The van der Waals surface area contributed by atoms with Crippen LogP contribution in [0, 0.1) is 0 Å². The van der Waals surface area contributed by atoms with Crippen LogP contribution in [-0.2, 0) is 8.23 Å². The van der Waals surface area contributed by atoms with Gasteiger partial charge in [0.05, 0.1) is 0 Å². The Labute approximate surface area is 169 Å². The van der Waals surface area contributed by atoms with Crippen LogP contribution in [0.1, 0.15) is 96.9 Å². The molecule has 2 nitrogen and oxygen atoms in total. The molecule has 0 aromatic heterocycles. The molecule has 0 spiro atoms. The molecule has 0 saturated carbocycles. The van der Waals surface area contributed by atoms with Crippen molar-refractivity contribution >= 4 is 25.9 Å². The Kier molecular flexibility index (Phi) is 10.6. The van der Waals surface area contributed by atoms with Crippen molar-refractivity contribution in [2.45, 2.75) is 136 Å². The van der Waals surface area contributed by atoms with Gasteiger partial charge >= 0.3 is 9.28 Å². The lowest BCUT2D eigenvalue weighted by atomic mass is 10.5. The highest BCUT2D eigenvalue weighted by atomic mass is 28.4. The van der Waals surface area contributed by atoms with E-state index in [1.165, 1.54) is 0 Å². The Hall–Kier alpha value is 0.571. The van der Waals surface area contributed by atoms with E-state index in [0.717, 1.165) is 0 Å². The van der Waals surface area contributed by atoms with Gasteiger partial charge in [0.2, 0.25) is 0 Å². The van der Waals surface area contributed by atoms with Gasteiger partial charge in [0.25, 0.3) is 0 Å². The third-order valence-electron chi connectivity index (χ3n) is 6.60. The molecule has 0 N–H and O–H groups in total. The second-order valence-corrected chi connectivity index (χ2v) is 24.8. The molecule has 0 fully saturated rings. The maximum absolute atomic E-state index is 7.28. The van der Waals surface area contributed by atoms with E-state index in [-0.39, 0.29) is 0 Å². The van der Waals surface area contributed by atoms with Gasteiger partial charge in [-0.1, -0.05) is 96.9 Å². The van der Waals surface area contributed by atoms with Crippen LogP contribution in [0.4, 0.5) is 0 Å². The number of hydrogen-bond acceptors (Lipinski definition) is 2. The van der Waals surface area contributed by atoms with Crippen molar-refractivity contribution in [3.63, 3.8) is 0 Å². The van der Waals surface area contributed by atoms with Gasteiger partial charge in [0, 0.05) is 0 Å². The predicted octanol–water partition coefficient (Wildman–Crippen LogP) is 8.00. The van der Waals surface area contributed by atoms with Gasteiger partial charge in [-0.15, -0.1) is 0 Å². The molecule has 0 heterocycles. The van der Waals surface area contributed by atoms with E-state index in [2.05, 4.69) is 96.9 Å². The van der Waals surface area contributed by atoms with E-state index in [4.69, 9.17) is 8.23 Å². The summed E-state index contributed by atoms with van der Waals surface area (Å²) in [6.45, 7) is 33.3. The predicted molar refractivity (Wildman–Crippen MR) is 127 cm³/mol. The zero-order valence-electron chi connectivity index (χ0n) is 20.4. The first-order valence-electron chi connectivity index (χ1n) is 11.0. The summed E-state index contributed by atoms with van der Waals surface area (Å²) >= 11 is 0. The van der Waals surface area contributed by atoms with Gasteiger partial charge in [0.1, 0.15) is 0 Å². The second-order valence-electron chi connectivity index (χ2n) is 10.5. The van der Waals surface area contributed by atoms with Gasteiger partial charge in [-0.05, 0) is 38.8 Å². The smallest absolute Gasteiger partial charge is 0.303 e. The Bertz CT molecular complexity index is 327. The molecule has 26 heavy (non-hydrogen) atoms. The summed E-state index contributed by atoms with van der Waals surface area (Å²) in [6.07, 6.45) is 0. The molecule has 158 valence electrons. The topological polar surface area (TPSA) is 18.5 Å². The fraction of sp³-hybridized carbons (Fsp3) is 1.00. The van der Waals surface area contributed by atoms with Crippen LogP contribution in [0.3, 0.4) is 0 Å². The van der Waals surface area contributed by atoms with E-state index in [0.29, 0.717) is 38.8 Å². The van der Waals surface area contributed by atoms with E-state index in [9.17, 15) is 0 Å². The number of rotatable bonds is 11. The quantitative estimate of drug-likeness (QED) is 0.316. The fourth-order valence-corrected chi connectivity index (χ4v) is 26.1. The van der Waals surface area contributed by atoms with E-state index >= 15 is 0 Å². The average molecular weight is 419 g/mol. The molecule has 0 aromatic carbocycles. The Balaban J connectivity index is 6.07. The molecule has 0 bridgehead atoms. The van der Waals surface area contributed by atoms with Crippen LogP contribution < -0.4 is 0 Å². The van der Waals surface area contributed by atoms with Crippen LogP contribution in [0.15, 0.2) is 0 Å². The zero-order chi connectivity index (χ0) is 21.0. The van der Waals surface area contributed by atoms with Gasteiger partial charge in [-0.2, -0.15) is 0 Å². The molecule has 5 heteroatoms. The SMILES string of the molecule is CC(C)[SiH](O[Si](C(C)C)(C(C)C)C(C)C)O[Si](C(C)C)(C(C)C)C(C)C. The summed E-state index contributed by atoms with van der Waals surface area (Å²) < 4.78 is 14.6. The molecule has 0 amide bonds. The lowest BCUT2D eigenvalue weighted by Gasteiger charge is -2.50. The van der Waals surface area contributed by atoms with Crippen LogP contribution in [0.25, 0.3) is 0 Å². The molecule has 0 aliphatic heterocycles. The highest BCUT2D eigenvalue weighted by molar-refractivity contribution is 6.87. The summed E-state index contributed by atoms with van der Waals surface area (Å²) in [6, 6.07) is 0. The normalized spacial score (nSPS) is 14.5. The summed E-state index contributed by atoms with van der Waals surface area (Å²) in [5.41, 5.74) is 4.23. The fourth-order valence-electron chi connectivity index (χ4n) is 5.52. The van der Waals surface area contributed by atoms with Crippen molar-refractivity contribution in [3.05, 3.63) is 0 Å². The molecule has 0 rings (SSSR count). The van der Waals surface area contributed by atoms with Gasteiger partial charge in [-0.3, -0.25) is 0 Å². The molecular formula is C21H50O2Si3. The molecule has 0 aliphatic carbocycles. The number of hydrogen-bond donors (Lipinski definition) is 0. The molecule has 0 radical (unpaired) electrons. The van der Waals surface area contributed by atoms with Crippen molar-refractivity contribution in [2.75, 3.05) is 0 Å². The van der Waals surface area contributed by atoms with Crippen LogP contribution in [-0.4, -0.2) is 25.9 Å². The molecular weight excluding hydrogens is 368 g/mol. The first kappa shape index (κ1) is 26.6. The highest BCUT2D eigenvalue weighted by Crippen LogP contribution is 2.47. The van der Waals surface area contributed by atoms with Crippen LogP contribution in [0.5, 0.6) is 0 Å². The maximum atomic E-state index is 7.28. The van der Waals surface area contributed by atoms with Crippen molar-refractivity contribution in [1.82, 2.24) is 0 Å². The minimum absolute atomic E-state index is 0.515. The first-order valence-corrected chi connectivity index (χ1v) is 16.9. The molecule has 0 aromatic rings. The molecule has 0 saturated heterocycles. The summed E-state index contributed by atoms with van der Waals surface area (Å²) in [7, 11) is -5.57. The van der Waals surface area contributed by atoms with E-state index in [1.54, 1.807) is 0 Å². The first-order chi connectivity index (χ1) is 11.7. The monoisotopic (exact) mass is 418 g/mol. The van der Waals surface area contributed by atoms with Crippen molar-refractivity contribution in [3.8, 4) is 0 Å². The van der Waals surface area contributed by atoms with Crippen molar-refractivity contribution in [1.29, 1.82) is 0 Å². The van der Waals surface area contributed by atoms with E-state index < -0.39 is 25.9 Å². The average Bonchev–Trinajstić information content (AvgIpc) is 2.44.